The lowest BCUT2D eigenvalue weighted by molar-refractivity contribution is -0.147. The average molecular weight is 287 g/mol. The van der Waals surface area contributed by atoms with Crippen molar-refractivity contribution in [3.63, 3.8) is 0 Å². The molecule has 0 spiro atoms. The summed E-state index contributed by atoms with van der Waals surface area (Å²) < 4.78 is 0. The minimum atomic E-state index is -0.729. The fraction of sp³-hybridized carbons (Fsp3) is 0.529. The molecule has 0 unspecified atom stereocenters. The molecule has 1 aromatic carbocycles. The van der Waals surface area contributed by atoms with Crippen LogP contribution in [0, 0.1) is 11.3 Å². The molecule has 1 aromatic rings. The van der Waals surface area contributed by atoms with E-state index in [9.17, 15) is 9.59 Å². The van der Waals surface area contributed by atoms with Gasteiger partial charge in [0.1, 0.15) is 0 Å². The van der Waals surface area contributed by atoms with Gasteiger partial charge in [-0.3, -0.25) is 9.59 Å². The van der Waals surface area contributed by atoms with E-state index in [2.05, 4.69) is 12.1 Å². The summed E-state index contributed by atoms with van der Waals surface area (Å²) in [4.78, 5) is 25.6. The number of nitrogens with zero attached hydrogens (tertiary/aromatic N) is 1. The van der Waals surface area contributed by atoms with Gasteiger partial charge in [0.15, 0.2) is 0 Å². The predicted molar refractivity (Wildman–Crippen MR) is 78.8 cm³/mol. The molecular weight excluding hydrogens is 266 g/mol. The number of rotatable bonds is 4. The highest BCUT2D eigenvalue weighted by Gasteiger charge is 2.51. The summed E-state index contributed by atoms with van der Waals surface area (Å²) >= 11 is 0. The van der Waals surface area contributed by atoms with Gasteiger partial charge in [0.2, 0.25) is 5.91 Å². The van der Waals surface area contributed by atoms with Crippen LogP contribution in [0.3, 0.4) is 0 Å². The number of carbonyl (C=O) groups is 2. The van der Waals surface area contributed by atoms with Gasteiger partial charge in [-0.05, 0) is 37.7 Å². The maximum atomic E-state index is 12.7. The largest absolute Gasteiger partial charge is 0.481 e. The van der Waals surface area contributed by atoms with E-state index in [-0.39, 0.29) is 17.2 Å². The van der Waals surface area contributed by atoms with Crippen LogP contribution in [0.4, 0.5) is 0 Å². The number of piperidine rings is 1. The van der Waals surface area contributed by atoms with E-state index in [1.54, 1.807) is 0 Å². The first kappa shape index (κ1) is 14.1. The quantitative estimate of drug-likeness (QED) is 0.924. The third kappa shape index (κ3) is 2.94. The highest BCUT2D eigenvalue weighted by molar-refractivity contribution is 5.86. The second kappa shape index (κ2) is 5.51. The Morgan fingerprint density at radius 2 is 1.76 bits per heavy atom. The van der Waals surface area contributed by atoms with E-state index in [1.807, 2.05) is 23.1 Å². The molecule has 1 heterocycles. The van der Waals surface area contributed by atoms with Crippen molar-refractivity contribution in [3.8, 4) is 0 Å². The fourth-order valence-electron chi connectivity index (χ4n) is 3.27. The monoisotopic (exact) mass is 287 g/mol. The first-order chi connectivity index (χ1) is 10.1. The van der Waals surface area contributed by atoms with Crippen LogP contribution in [-0.2, 0) is 16.0 Å². The molecule has 0 bridgehead atoms. The molecule has 1 aliphatic carbocycles. The molecule has 1 saturated heterocycles. The molecular formula is C17H21NO3. The predicted octanol–water partition coefficient (Wildman–Crippen LogP) is 2.33. The van der Waals surface area contributed by atoms with Crippen LogP contribution in [0.25, 0.3) is 0 Å². The van der Waals surface area contributed by atoms with Crippen LogP contribution in [-0.4, -0.2) is 35.0 Å². The number of amides is 1. The molecule has 4 heteroatoms. The van der Waals surface area contributed by atoms with Crippen molar-refractivity contribution in [1.82, 2.24) is 4.90 Å². The normalized spacial score (nSPS) is 21.0. The third-order valence-electron chi connectivity index (χ3n) is 4.82. The van der Waals surface area contributed by atoms with Crippen LogP contribution < -0.4 is 0 Å². The minimum Gasteiger partial charge on any atom is -0.481 e. The summed E-state index contributed by atoms with van der Waals surface area (Å²) in [5, 5.41) is 9.03. The average Bonchev–Trinajstić information content (AvgIpc) is 3.28. The zero-order valence-corrected chi connectivity index (χ0v) is 12.1. The topological polar surface area (TPSA) is 57.6 Å². The lowest BCUT2D eigenvalue weighted by Crippen LogP contribution is -2.44. The maximum absolute atomic E-state index is 12.7. The molecule has 1 saturated carbocycles. The van der Waals surface area contributed by atoms with Crippen LogP contribution >= 0.6 is 0 Å². The number of carboxylic acid groups (broad SMARTS) is 1. The van der Waals surface area contributed by atoms with Crippen molar-refractivity contribution < 1.29 is 14.7 Å². The Morgan fingerprint density at radius 1 is 1.14 bits per heavy atom. The number of benzene rings is 1. The van der Waals surface area contributed by atoms with Crippen molar-refractivity contribution >= 4 is 11.9 Å². The van der Waals surface area contributed by atoms with Crippen molar-refractivity contribution in [2.45, 2.75) is 32.1 Å². The molecule has 0 aromatic heterocycles. The smallest absolute Gasteiger partial charge is 0.306 e. The third-order valence-corrected chi connectivity index (χ3v) is 4.82. The second-order valence-corrected chi connectivity index (χ2v) is 6.35. The standard InChI is InChI=1S/C17H21NO3/c19-15(20)14-6-10-18(11-7-14)16(21)17(8-9-17)12-13-4-2-1-3-5-13/h1-5,14H,6-12H2,(H,19,20). The second-order valence-electron chi connectivity index (χ2n) is 6.35. The summed E-state index contributed by atoms with van der Waals surface area (Å²) in [6, 6.07) is 10.2. The molecule has 21 heavy (non-hydrogen) atoms. The van der Waals surface area contributed by atoms with E-state index in [0.717, 1.165) is 19.3 Å². The fourth-order valence-corrected chi connectivity index (χ4v) is 3.27. The number of carboxylic acids is 1. The van der Waals surface area contributed by atoms with Gasteiger partial charge in [-0.25, -0.2) is 0 Å². The van der Waals surface area contributed by atoms with Gasteiger partial charge in [-0.15, -0.1) is 0 Å². The molecule has 4 nitrogen and oxygen atoms in total. The number of likely N-dealkylation sites (tertiary alicyclic amines) is 1. The lowest BCUT2D eigenvalue weighted by atomic mass is 9.92. The first-order valence-corrected chi connectivity index (χ1v) is 7.67. The molecule has 3 rings (SSSR count). The summed E-state index contributed by atoms with van der Waals surface area (Å²) in [6.45, 7) is 1.18. The van der Waals surface area contributed by atoms with Crippen molar-refractivity contribution in [3.05, 3.63) is 35.9 Å². The van der Waals surface area contributed by atoms with Gasteiger partial charge in [0, 0.05) is 13.1 Å². The highest BCUT2D eigenvalue weighted by Crippen LogP contribution is 2.50. The Bertz CT molecular complexity index is 528. The molecule has 1 N–H and O–H groups in total. The van der Waals surface area contributed by atoms with Crippen molar-refractivity contribution in [2.75, 3.05) is 13.1 Å². The summed E-state index contributed by atoms with van der Waals surface area (Å²) in [5.41, 5.74) is 1.00. The summed E-state index contributed by atoms with van der Waals surface area (Å²) in [5.74, 6) is -0.777. The van der Waals surface area contributed by atoms with Gasteiger partial charge in [0.05, 0.1) is 11.3 Å². The van der Waals surface area contributed by atoms with Crippen molar-refractivity contribution in [2.24, 2.45) is 11.3 Å². The van der Waals surface area contributed by atoms with Gasteiger partial charge in [-0.2, -0.15) is 0 Å². The number of hydrogen-bond acceptors (Lipinski definition) is 2. The molecule has 1 aliphatic heterocycles. The Morgan fingerprint density at radius 3 is 2.29 bits per heavy atom. The Labute approximate surface area is 124 Å². The van der Waals surface area contributed by atoms with Gasteiger partial charge >= 0.3 is 5.97 Å². The SMILES string of the molecule is O=C(O)C1CCN(C(=O)C2(Cc3ccccc3)CC2)CC1. The minimum absolute atomic E-state index is 0.211. The molecule has 0 radical (unpaired) electrons. The van der Waals surface area contributed by atoms with E-state index in [4.69, 9.17) is 5.11 Å². The lowest BCUT2D eigenvalue weighted by Gasteiger charge is -2.33. The molecule has 0 atom stereocenters. The Kier molecular flexibility index (Phi) is 3.70. The zero-order valence-electron chi connectivity index (χ0n) is 12.1. The molecule has 112 valence electrons. The number of aliphatic carboxylic acids is 1. The van der Waals surface area contributed by atoms with Crippen LogP contribution in [0.5, 0.6) is 0 Å². The molecule has 2 aliphatic rings. The zero-order chi connectivity index (χ0) is 14.9. The van der Waals surface area contributed by atoms with Gasteiger partial charge in [0.25, 0.3) is 0 Å². The van der Waals surface area contributed by atoms with E-state index in [0.29, 0.717) is 25.9 Å². The maximum Gasteiger partial charge on any atom is 0.306 e. The van der Waals surface area contributed by atoms with Crippen LogP contribution in [0.15, 0.2) is 30.3 Å². The summed E-state index contributed by atoms with van der Waals surface area (Å²) in [7, 11) is 0. The Balaban J connectivity index is 1.62. The van der Waals surface area contributed by atoms with E-state index in [1.165, 1.54) is 5.56 Å². The molecule has 1 amide bonds. The molecule has 2 fully saturated rings. The van der Waals surface area contributed by atoms with Crippen LogP contribution in [0.1, 0.15) is 31.2 Å². The van der Waals surface area contributed by atoms with E-state index >= 15 is 0 Å². The van der Waals surface area contributed by atoms with E-state index < -0.39 is 5.97 Å². The number of carbonyl (C=O) groups excluding carboxylic acids is 1. The first-order valence-electron chi connectivity index (χ1n) is 7.67. The van der Waals surface area contributed by atoms with Crippen LogP contribution in [0.2, 0.25) is 0 Å². The van der Waals surface area contributed by atoms with Crippen molar-refractivity contribution in [1.29, 1.82) is 0 Å². The highest BCUT2D eigenvalue weighted by atomic mass is 16.4. The number of hydrogen-bond donors (Lipinski definition) is 1. The Hall–Kier alpha value is -1.84. The summed E-state index contributed by atoms with van der Waals surface area (Å²) in [6.07, 6.45) is 3.90. The van der Waals surface area contributed by atoms with Gasteiger partial charge in [-0.1, -0.05) is 30.3 Å². The van der Waals surface area contributed by atoms with Gasteiger partial charge < -0.3 is 10.0 Å².